The summed E-state index contributed by atoms with van der Waals surface area (Å²) in [6, 6.07) is 4.11. The zero-order valence-electron chi connectivity index (χ0n) is 11.3. The number of carbonyl (C=O) groups excluding carboxylic acids is 1. The topological polar surface area (TPSA) is 38.3 Å². The lowest BCUT2D eigenvalue weighted by Gasteiger charge is -2.31. The molecule has 1 atom stereocenters. The van der Waals surface area contributed by atoms with Crippen molar-refractivity contribution in [2.75, 3.05) is 6.54 Å². The largest absolute Gasteiger partial charge is 0.459 e. The number of esters is 1. The van der Waals surface area contributed by atoms with E-state index in [2.05, 4.69) is 11.4 Å². The lowest BCUT2D eigenvalue weighted by molar-refractivity contribution is -0.162. The molecular weight excluding hydrogens is 246 g/mol. The monoisotopic (exact) mass is 267 g/mol. The fourth-order valence-corrected chi connectivity index (χ4v) is 3.11. The summed E-state index contributed by atoms with van der Waals surface area (Å²) in [4.78, 5) is 13.7. The van der Waals surface area contributed by atoms with E-state index in [9.17, 15) is 4.79 Å². The van der Waals surface area contributed by atoms with Crippen molar-refractivity contribution in [2.24, 2.45) is 0 Å². The van der Waals surface area contributed by atoms with Crippen LogP contribution in [0.2, 0.25) is 0 Å². The van der Waals surface area contributed by atoms with Gasteiger partial charge in [-0.3, -0.25) is 4.79 Å². The van der Waals surface area contributed by atoms with E-state index in [0.717, 1.165) is 25.8 Å². The molecule has 1 saturated heterocycles. The first-order valence-corrected chi connectivity index (χ1v) is 7.30. The molecule has 0 spiro atoms. The Hall–Kier alpha value is -0.870. The van der Waals surface area contributed by atoms with Crippen LogP contribution in [0.15, 0.2) is 17.5 Å². The van der Waals surface area contributed by atoms with Crippen molar-refractivity contribution in [1.29, 1.82) is 0 Å². The summed E-state index contributed by atoms with van der Waals surface area (Å²) in [5, 5.41) is 5.41. The van der Waals surface area contributed by atoms with Crippen molar-refractivity contribution < 1.29 is 9.53 Å². The van der Waals surface area contributed by atoms with Gasteiger partial charge in [-0.15, -0.1) is 11.3 Å². The van der Waals surface area contributed by atoms with Gasteiger partial charge in [0.15, 0.2) is 0 Å². The Morgan fingerprint density at radius 1 is 1.56 bits per heavy atom. The zero-order chi connectivity index (χ0) is 13.2. The van der Waals surface area contributed by atoms with Gasteiger partial charge in [-0.05, 0) is 51.6 Å². The second-order valence-corrected chi connectivity index (χ2v) is 6.90. The molecule has 0 bridgehead atoms. The van der Waals surface area contributed by atoms with Crippen molar-refractivity contribution in [3.63, 3.8) is 0 Å². The molecule has 0 aromatic carbocycles. The highest BCUT2D eigenvalue weighted by Gasteiger charge is 2.44. The molecule has 1 fully saturated rings. The predicted molar refractivity (Wildman–Crippen MR) is 73.8 cm³/mol. The van der Waals surface area contributed by atoms with Gasteiger partial charge in [-0.2, -0.15) is 0 Å². The maximum atomic E-state index is 12.4. The Morgan fingerprint density at radius 3 is 2.83 bits per heavy atom. The quantitative estimate of drug-likeness (QED) is 0.856. The highest BCUT2D eigenvalue weighted by molar-refractivity contribution is 7.09. The van der Waals surface area contributed by atoms with Gasteiger partial charge in [0.05, 0.1) is 0 Å². The molecule has 1 aromatic heterocycles. The van der Waals surface area contributed by atoms with Crippen LogP contribution in [0.25, 0.3) is 0 Å². The maximum absolute atomic E-state index is 12.4. The molecule has 1 N–H and O–H groups in total. The van der Waals surface area contributed by atoms with Crippen LogP contribution in [0.4, 0.5) is 0 Å². The summed E-state index contributed by atoms with van der Waals surface area (Å²) in [5.41, 5.74) is -0.943. The zero-order valence-corrected chi connectivity index (χ0v) is 12.1. The van der Waals surface area contributed by atoms with Gasteiger partial charge in [0.1, 0.15) is 11.1 Å². The van der Waals surface area contributed by atoms with Gasteiger partial charge in [0.2, 0.25) is 0 Å². The number of carbonyl (C=O) groups is 1. The van der Waals surface area contributed by atoms with Crippen LogP contribution in [0.5, 0.6) is 0 Å². The summed E-state index contributed by atoms with van der Waals surface area (Å²) in [6.07, 6.45) is 2.63. The summed E-state index contributed by atoms with van der Waals surface area (Å²) < 4.78 is 5.58. The molecule has 0 saturated carbocycles. The molecule has 0 aliphatic carbocycles. The number of hydrogen-bond acceptors (Lipinski definition) is 4. The lowest BCUT2D eigenvalue weighted by atomic mass is 9.92. The molecule has 1 aliphatic heterocycles. The van der Waals surface area contributed by atoms with E-state index >= 15 is 0 Å². The Bertz CT molecular complexity index is 400. The highest BCUT2D eigenvalue weighted by atomic mass is 32.1. The van der Waals surface area contributed by atoms with Crippen LogP contribution >= 0.6 is 11.3 Å². The van der Waals surface area contributed by atoms with Gasteiger partial charge in [-0.1, -0.05) is 6.07 Å². The second kappa shape index (κ2) is 5.02. The van der Waals surface area contributed by atoms with Crippen LogP contribution in [-0.4, -0.2) is 23.7 Å². The van der Waals surface area contributed by atoms with E-state index in [-0.39, 0.29) is 5.97 Å². The highest BCUT2D eigenvalue weighted by Crippen LogP contribution is 2.29. The minimum absolute atomic E-state index is 0.110. The normalized spacial score (nSPS) is 24.2. The summed E-state index contributed by atoms with van der Waals surface area (Å²) in [6.45, 7) is 6.64. The van der Waals surface area contributed by atoms with Crippen molar-refractivity contribution in [3.8, 4) is 0 Å². The van der Waals surface area contributed by atoms with Crippen LogP contribution < -0.4 is 5.32 Å². The van der Waals surface area contributed by atoms with E-state index in [4.69, 9.17) is 4.74 Å². The van der Waals surface area contributed by atoms with Crippen molar-refractivity contribution in [2.45, 2.75) is 51.2 Å². The molecule has 1 unspecified atom stereocenters. The van der Waals surface area contributed by atoms with E-state index in [1.807, 2.05) is 32.2 Å². The molecule has 1 aliphatic rings. The summed E-state index contributed by atoms with van der Waals surface area (Å²) >= 11 is 1.70. The first-order valence-electron chi connectivity index (χ1n) is 6.42. The first kappa shape index (κ1) is 13.6. The predicted octanol–water partition coefficient (Wildman–Crippen LogP) is 2.75. The van der Waals surface area contributed by atoms with Crippen LogP contribution in [-0.2, 0) is 16.0 Å². The van der Waals surface area contributed by atoms with Gasteiger partial charge >= 0.3 is 5.97 Å². The minimum atomic E-state index is -0.516. The fourth-order valence-electron chi connectivity index (χ4n) is 2.29. The first-order chi connectivity index (χ1) is 8.41. The standard InChI is InChI=1S/C14H21NO2S/c1-13(2,3)17-12(16)14(7-5-8-15-14)10-11-6-4-9-18-11/h4,6,9,15H,5,7-8,10H2,1-3H3. The molecule has 18 heavy (non-hydrogen) atoms. The Balaban J connectivity index is 2.14. The minimum Gasteiger partial charge on any atom is -0.459 e. The molecule has 0 amide bonds. The third-order valence-electron chi connectivity index (χ3n) is 3.09. The molecule has 100 valence electrons. The van der Waals surface area contributed by atoms with E-state index < -0.39 is 11.1 Å². The number of hydrogen-bond donors (Lipinski definition) is 1. The fraction of sp³-hybridized carbons (Fsp3) is 0.643. The average Bonchev–Trinajstić information content (AvgIpc) is 2.87. The smallest absolute Gasteiger partial charge is 0.327 e. The van der Waals surface area contributed by atoms with Gasteiger partial charge < -0.3 is 10.1 Å². The van der Waals surface area contributed by atoms with Crippen LogP contribution in [0.3, 0.4) is 0 Å². The van der Waals surface area contributed by atoms with Crippen LogP contribution in [0.1, 0.15) is 38.5 Å². The number of rotatable bonds is 3. The molecule has 4 heteroatoms. The molecular formula is C14H21NO2S. The van der Waals surface area contributed by atoms with Gasteiger partial charge in [-0.25, -0.2) is 0 Å². The van der Waals surface area contributed by atoms with Gasteiger partial charge in [0, 0.05) is 11.3 Å². The van der Waals surface area contributed by atoms with Gasteiger partial charge in [0.25, 0.3) is 0 Å². The molecule has 2 rings (SSSR count). The number of thiophene rings is 1. The van der Waals surface area contributed by atoms with Crippen molar-refractivity contribution in [1.82, 2.24) is 5.32 Å². The third-order valence-corrected chi connectivity index (χ3v) is 3.97. The number of nitrogens with one attached hydrogen (secondary N) is 1. The summed E-state index contributed by atoms with van der Waals surface area (Å²) in [5.74, 6) is -0.110. The molecule has 2 heterocycles. The van der Waals surface area contributed by atoms with Crippen molar-refractivity contribution >= 4 is 17.3 Å². The van der Waals surface area contributed by atoms with E-state index in [1.54, 1.807) is 11.3 Å². The van der Waals surface area contributed by atoms with Crippen molar-refractivity contribution in [3.05, 3.63) is 22.4 Å². The maximum Gasteiger partial charge on any atom is 0.327 e. The Morgan fingerprint density at radius 2 is 2.33 bits per heavy atom. The average molecular weight is 267 g/mol. The Kier molecular flexibility index (Phi) is 3.78. The van der Waals surface area contributed by atoms with Crippen LogP contribution in [0, 0.1) is 0 Å². The SMILES string of the molecule is CC(C)(C)OC(=O)C1(Cc2cccs2)CCCN1. The lowest BCUT2D eigenvalue weighted by Crippen LogP contribution is -2.52. The molecule has 3 nitrogen and oxygen atoms in total. The third kappa shape index (κ3) is 3.12. The molecule has 1 aromatic rings. The van der Waals surface area contributed by atoms with E-state index in [0.29, 0.717) is 0 Å². The second-order valence-electron chi connectivity index (χ2n) is 5.87. The molecule has 0 radical (unpaired) electrons. The van der Waals surface area contributed by atoms with E-state index in [1.165, 1.54) is 4.88 Å². The number of ether oxygens (including phenoxy) is 1. The Labute approximate surface area is 113 Å². The summed E-state index contributed by atoms with van der Waals surface area (Å²) in [7, 11) is 0.